The molecule has 1 amide bonds. The lowest BCUT2D eigenvalue weighted by molar-refractivity contribution is -0.143. The molecule has 0 bridgehead atoms. The lowest BCUT2D eigenvalue weighted by atomic mass is 9.74. The molecule has 1 aliphatic heterocycles. The number of amides is 1. The standard InChI is InChI=1S/C35H49FN2O6/c1-3-4-17-43-35(41)32-20-26-18-22(5-14-31(26)44-32)19-30(39)33-28(23-10-12-27(42-2)13-11-23)15-16-38(33)34(40)25-8-6-24(7-9-25)29(37)21-36/h5,14,18,20,23-25,27-29,33H,3-4,6-13,15-17,19,21,37H2,1-2H3/t23?,24?,25?,27?,28-,29+,33-/m0/s1. The molecule has 3 atom stereocenters. The average Bonchev–Trinajstić information content (AvgIpc) is 3.69. The number of furan rings is 1. The van der Waals surface area contributed by atoms with Crippen LogP contribution < -0.4 is 5.73 Å². The van der Waals surface area contributed by atoms with Crippen LogP contribution in [0.2, 0.25) is 0 Å². The summed E-state index contributed by atoms with van der Waals surface area (Å²) in [6, 6.07) is 6.31. The number of hydrogen-bond donors (Lipinski definition) is 1. The fourth-order valence-electron chi connectivity index (χ4n) is 7.87. The van der Waals surface area contributed by atoms with E-state index in [1.807, 2.05) is 24.0 Å². The van der Waals surface area contributed by atoms with Gasteiger partial charge in [-0.3, -0.25) is 9.59 Å². The van der Waals surface area contributed by atoms with Gasteiger partial charge >= 0.3 is 5.97 Å². The molecule has 2 aliphatic carbocycles. The zero-order valence-corrected chi connectivity index (χ0v) is 26.3. The predicted octanol–water partition coefficient (Wildman–Crippen LogP) is 6.03. The Morgan fingerprint density at radius 3 is 2.48 bits per heavy atom. The molecule has 2 heterocycles. The molecule has 44 heavy (non-hydrogen) atoms. The minimum atomic E-state index is -0.534. The summed E-state index contributed by atoms with van der Waals surface area (Å²) in [5.41, 5.74) is 7.37. The van der Waals surface area contributed by atoms with Crippen LogP contribution in [0.15, 0.2) is 28.7 Å². The van der Waals surface area contributed by atoms with Crippen LogP contribution in [0.4, 0.5) is 4.39 Å². The SMILES string of the molecule is CCCCOC(=O)c1cc2cc(CC(=O)[C@@H]3[C@H](C4CCC(OC)CC4)CCN3C(=O)C3CCC([C@H](N)CF)CC3)ccc2o1. The molecule has 1 saturated heterocycles. The normalized spacial score (nSPS) is 28.2. The second-order valence-electron chi connectivity index (χ2n) is 13.2. The number of carbonyl (C=O) groups is 3. The van der Waals surface area contributed by atoms with Gasteiger partial charge in [0.15, 0.2) is 5.78 Å². The Morgan fingerprint density at radius 2 is 1.80 bits per heavy atom. The van der Waals surface area contributed by atoms with Gasteiger partial charge < -0.3 is 24.5 Å². The van der Waals surface area contributed by atoms with Gasteiger partial charge in [-0.15, -0.1) is 0 Å². The van der Waals surface area contributed by atoms with Crippen LogP contribution >= 0.6 is 0 Å². The maximum Gasteiger partial charge on any atom is 0.374 e. The molecule has 3 aliphatic rings. The molecule has 1 aromatic heterocycles. The molecular weight excluding hydrogens is 563 g/mol. The topological polar surface area (TPSA) is 112 Å². The van der Waals surface area contributed by atoms with Gasteiger partial charge in [-0.05, 0) is 106 Å². The number of unbranched alkanes of at least 4 members (excludes halogenated alkanes) is 1. The van der Waals surface area contributed by atoms with Crippen LogP contribution in [0, 0.1) is 23.7 Å². The number of rotatable bonds is 12. The van der Waals surface area contributed by atoms with E-state index >= 15 is 0 Å². The predicted molar refractivity (Wildman–Crippen MR) is 166 cm³/mol. The molecule has 9 heteroatoms. The molecule has 3 fully saturated rings. The summed E-state index contributed by atoms with van der Waals surface area (Å²) >= 11 is 0. The summed E-state index contributed by atoms with van der Waals surface area (Å²) in [5.74, 6) is 0.270. The summed E-state index contributed by atoms with van der Waals surface area (Å²) in [4.78, 5) is 42.5. The molecule has 2 aromatic rings. The van der Waals surface area contributed by atoms with Gasteiger partial charge in [-0.1, -0.05) is 19.4 Å². The zero-order valence-electron chi connectivity index (χ0n) is 26.3. The van der Waals surface area contributed by atoms with Crippen molar-refractivity contribution < 1.29 is 32.7 Å². The number of hydrogen-bond acceptors (Lipinski definition) is 7. The molecular formula is C35H49FN2O6. The number of esters is 1. The molecule has 0 unspecified atom stereocenters. The summed E-state index contributed by atoms with van der Waals surface area (Å²) in [6.45, 7) is 2.44. The highest BCUT2D eigenvalue weighted by atomic mass is 19.1. The van der Waals surface area contributed by atoms with Crippen molar-refractivity contribution in [2.24, 2.45) is 29.4 Å². The van der Waals surface area contributed by atoms with Crippen LogP contribution in [0.1, 0.15) is 93.7 Å². The fourth-order valence-corrected chi connectivity index (χ4v) is 7.87. The van der Waals surface area contributed by atoms with Gasteiger partial charge in [0.25, 0.3) is 0 Å². The van der Waals surface area contributed by atoms with E-state index < -0.39 is 24.7 Å². The van der Waals surface area contributed by atoms with Crippen molar-refractivity contribution in [2.45, 2.75) is 102 Å². The largest absolute Gasteiger partial charge is 0.460 e. The number of fused-ring (bicyclic) bond motifs is 1. The van der Waals surface area contributed by atoms with Gasteiger partial charge in [0.1, 0.15) is 12.3 Å². The molecule has 0 spiro atoms. The number of nitrogens with two attached hydrogens (primary N) is 1. The Kier molecular flexibility index (Phi) is 11.1. The Labute approximate surface area is 260 Å². The lowest BCUT2D eigenvalue weighted by Gasteiger charge is -2.37. The average molecular weight is 613 g/mol. The van der Waals surface area contributed by atoms with Crippen molar-refractivity contribution in [3.63, 3.8) is 0 Å². The van der Waals surface area contributed by atoms with Crippen molar-refractivity contribution in [1.82, 2.24) is 4.90 Å². The molecule has 2 saturated carbocycles. The monoisotopic (exact) mass is 612 g/mol. The van der Waals surface area contributed by atoms with E-state index in [9.17, 15) is 18.8 Å². The fraction of sp³-hybridized carbons (Fsp3) is 0.686. The van der Waals surface area contributed by atoms with Crippen molar-refractivity contribution in [1.29, 1.82) is 0 Å². The number of nitrogens with zero attached hydrogens (tertiary/aromatic N) is 1. The zero-order chi connectivity index (χ0) is 31.2. The van der Waals surface area contributed by atoms with E-state index in [0.717, 1.165) is 68.7 Å². The van der Waals surface area contributed by atoms with E-state index in [1.165, 1.54) is 0 Å². The molecule has 8 nitrogen and oxygen atoms in total. The molecule has 5 rings (SSSR count). The third kappa shape index (κ3) is 7.36. The van der Waals surface area contributed by atoms with Crippen molar-refractivity contribution >= 4 is 28.6 Å². The van der Waals surface area contributed by atoms with Crippen molar-refractivity contribution in [2.75, 3.05) is 26.9 Å². The minimum absolute atomic E-state index is 0.0601. The maximum atomic E-state index is 14.2. The van der Waals surface area contributed by atoms with Crippen LogP contribution in [0.3, 0.4) is 0 Å². The second kappa shape index (κ2) is 15.0. The van der Waals surface area contributed by atoms with Gasteiger partial charge in [0.2, 0.25) is 11.7 Å². The smallest absolute Gasteiger partial charge is 0.374 e. The third-order valence-electron chi connectivity index (χ3n) is 10.5. The van der Waals surface area contributed by atoms with E-state index in [0.29, 0.717) is 37.5 Å². The number of ketones is 1. The molecule has 242 valence electrons. The number of Topliss-reactive ketones (excluding diaryl/α,β-unsaturated/α-hetero) is 1. The van der Waals surface area contributed by atoms with E-state index in [2.05, 4.69) is 0 Å². The first-order chi connectivity index (χ1) is 21.3. The number of halogens is 1. The number of benzene rings is 1. The van der Waals surface area contributed by atoms with Crippen LogP contribution in [-0.2, 0) is 25.5 Å². The Balaban J connectivity index is 1.31. The minimum Gasteiger partial charge on any atom is -0.460 e. The number of alkyl halides is 1. The number of methoxy groups -OCH3 is 1. The lowest BCUT2D eigenvalue weighted by Crippen LogP contribution is -2.48. The second-order valence-corrected chi connectivity index (χ2v) is 13.2. The van der Waals surface area contributed by atoms with E-state index in [1.54, 1.807) is 19.2 Å². The quantitative estimate of drug-likeness (QED) is 0.230. The Morgan fingerprint density at radius 1 is 1.05 bits per heavy atom. The van der Waals surface area contributed by atoms with Gasteiger partial charge in [-0.25, -0.2) is 9.18 Å². The number of ether oxygens (including phenoxy) is 2. The first-order valence-electron chi connectivity index (χ1n) is 16.7. The highest BCUT2D eigenvalue weighted by Gasteiger charge is 2.47. The molecule has 2 N–H and O–H groups in total. The first-order valence-corrected chi connectivity index (χ1v) is 16.7. The first kappa shape index (κ1) is 32.6. The van der Waals surface area contributed by atoms with E-state index in [4.69, 9.17) is 19.6 Å². The van der Waals surface area contributed by atoms with Crippen LogP contribution in [-0.4, -0.2) is 67.7 Å². The summed E-state index contributed by atoms with van der Waals surface area (Å²) in [6.07, 6.45) is 9.86. The number of carbonyl (C=O) groups excluding carboxylic acids is 3. The van der Waals surface area contributed by atoms with Crippen molar-refractivity contribution in [3.05, 3.63) is 35.6 Å². The molecule has 0 radical (unpaired) electrons. The third-order valence-corrected chi connectivity index (χ3v) is 10.5. The van der Waals surface area contributed by atoms with Crippen LogP contribution in [0.5, 0.6) is 0 Å². The Hall–Kier alpha value is -2.78. The van der Waals surface area contributed by atoms with Crippen LogP contribution in [0.25, 0.3) is 11.0 Å². The number of likely N-dealkylation sites (tertiary alicyclic amines) is 1. The van der Waals surface area contributed by atoms with Gasteiger partial charge in [-0.2, -0.15) is 0 Å². The highest BCUT2D eigenvalue weighted by Crippen LogP contribution is 2.42. The molecule has 1 aromatic carbocycles. The van der Waals surface area contributed by atoms with E-state index in [-0.39, 0.29) is 47.7 Å². The summed E-state index contributed by atoms with van der Waals surface area (Å²) < 4.78 is 29.8. The Bertz CT molecular complexity index is 1280. The summed E-state index contributed by atoms with van der Waals surface area (Å²) in [7, 11) is 1.76. The summed E-state index contributed by atoms with van der Waals surface area (Å²) in [5, 5.41) is 0.745. The maximum absolute atomic E-state index is 14.2. The van der Waals surface area contributed by atoms with Gasteiger partial charge in [0.05, 0.1) is 18.8 Å². The highest BCUT2D eigenvalue weighted by molar-refractivity contribution is 5.94. The van der Waals surface area contributed by atoms with Gasteiger partial charge in [0, 0.05) is 37.4 Å². The van der Waals surface area contributed by atoms with Crippen molar-refractivity contribution in [3.8, 4) is 0 Å².